The van der Waals surface area contributed by atoms with Crippen LogP contribution < -0.4 is 9.62 Å². The summed E-state index contributed by atoms with van der Waals surface area (Å²) in [5.74, 6) is -0.699. The Balaban J connectivity index is 1.55. The van der Waals surface area contributed by atoms with Crippen LogP contribution in [0.25, 0.3) is 0 Å². The summed E-state index contributed by atoms with van der Waals surface area (Å²) in [5.41, 5.74) is 3.17. The Bertz CT molecular complexity index is 1690. The molecular weight excluding hydrogens is 662 g/mol. The van der Waals surface area contributed by atoms with Crippen LogP contribution in [0.2, 0.25) is 0 Å². The highest BCUT2D eigenvalue weighted by atomic mass is 79.9. The minimum absolute atomic E-state index is 0.0578. The molecule has 0 unspecified atom stereocenters. The van der Waals surface area contributed by atoms with Crippen molar-refractivity contribution in [2.75, 3.05) is 10.8 Å². The molecule has 1 atom stereocenters. The smallest absolute Gasteiger partial charge is 0.264 e. The largest absolute Gasteiger partial charge is 0.352 e. The zero-order valence-corrected chi connectivity index (χ0v) is 28.4. The lowest BCUT2D eigenvalue weighted by molar-refractivity contribution is -0.140. The lowest BCUT2D eigenvalue weighted by Gasteiger charge is -2.34. The lowest BCUT2D eigenvalue weighted by Crippen LogP contribution is -2.54. The number of sulfonamides is 1. The molecule has 1 saturated carbocycles. The lowest BCUT2D eigenvalue weighted by atomic mass is 10.0. The molecule has 0 heterocycles. The summed E-state index contributed by atoms with van der Waals surface area (Å²) in [5, 5.41) is 3.21. The molecule has 0 aromatic heterocycles. The number of amides is 2. The molecule has 240 valence electrons. The van der Waals surface area contributed by atoms with Gasteiger partial charge in [-0.3, -0.25) is 13.9 Å². The molecule has 0 radical (unpaired) electrons. The van der Waals surface area contributed by atoms with Crippen molar-refractivity contribution in [3.63, 3.8) is 0 Å². The summed E-state index contributed by atoms with van der Waals surface area (Å²) in [4.78, 5) is 30.3. The van der Waals surface area contributed by atoms with E-state index in [2.05, 4.69) is 21.2 Å². The van der Waals surface area contributed by atoms with Crippen LogP contribution >= 0.6 is 15.9 Å². The maximum Gasteiger partial charge on any atom is 0.264 e. The molecule has 5 rings (SSSR count). The Morgan fingerprint density at radius 1 is 0.804 bits per heavy atom. The predicted octanol–water partition coefficient (Wildman–Crippen LogP) is 6.91. The molecule has 0 saturated heterocycles. The zero-order chi connectivity index (χ0) is 32.5. The second-order valence-corrected chi connectivity index (χ2v) is 14.5. The normalized spacial score (nSPS) is 14.0. The Labute approximate surface area is 280 Å². The van der Waals surface area contributed by atoms with E-state index in [1.807, 2.05) is 73.7 Å². The summed E-state index contributed by atoms with van der Waals surface area (Å²) in [6, 6.07) is 31.8. The van der Waals surface area contributed by atoms with Crippen molar-refractivity contribution in [2.24, 2.45) is 0 Å². The molecular formula is C37H40BrN3O4S. The quantitative estimate of drug-likeness (QED) is 0.164. The number of benzene rings is 4. The average Bonchev–Trinajstić information content (AvgIpc) is 3.60. The number of nitrogens with zero attached hydrogens (tertiary/aromatic N) is 2. The fraction of sp³-hybridized carbons (Fsp3) is 0.297. The van der Waals surface area contributed by atoms with Crippen LogP contribution in [0.1, 0.15) is 49.3 Å². The highest BCUT2D eigenvalue weighted by Crippen LogP contribution is 2.26. The van der Waals surface area contributed by atoms with Gasteiger partial charge >= 0.3 is 0 Å². The van der Waals surface area contributed by atoms with Crippen molar-refractivity contribution in [2.45, 2.75) is 69.0 Å². The maximum absolute atomic E-state index is 14.6. The van der Waals surface area contributed by atoms with Crippen LogP contribution in [0.15, 0.2) is 119 Å². The molecule has 7 nitrogen and oxygen atoms in total. The number of carbonyl (C=O) groups is 2. The van der Waals surface area contributed by atoms with Gasteiger partial charge in [0.05, 0.1) is 10.6 Å². The van der Waals surface area contributed by atoms with Crippen LogP contribution in [0.4, 0.5) is 5.69 Å². The number of hydrogen-bond acceptors (Lipinski definition) is 4. The minimum Gasteiger partial charge on any atom is -0.352 e. The molecule has 1 aliphatic rings. The SMILES string of the molecule is CCc1ccc(N(CC(=O)N(Cc2ccc(Br)cc2)[C@H](Cc2ccccc2)C(=O)NC2CCCC2)S(=O)(=O)c2ccccc2)cc1. The van der Waals surface area contributed by atoms with Gasteiger partial charge in [0.2, 0.25) is 11.8 Å². The van der Waals surface area contributed by atoms with E-state index in [0.29, 0.717) is 5.69 Å². The van der Waals surface area contributed by atoms with E-state index in [1.165, 1.54) is 12.1 Å². The first-order valence-corrected chi connectivity index (χ1v) is 18.0. The van der Waals surface area contributed by atoms with E-state index in [1.54, 1.807) is 35.2 Å². The first kappa shape index (κ1) is 33.4. The van der Waals surface area contributed by atoms with Crippen molar-refractivity contribution >= 4 is 43.5 Å². The van der Waals surface area contributed by atoms with Gasteiger partial charge in [-0.15, -0.1) is 0 Å². The van der Waals surface area contributed by atoms with E-state index < -0.39 is 28.5 Å². The van der Waals surface area contributed by atoms with Crippen LogP contribution in [0.5, 0.6) is 0 Å². The maximum atomic E-state index is 14.6. The van der Waals surface area contributed by atoms with Crippen molar-refractivity contribution in [3.8, 4) is 0 Å². The van der Waals surface area contributed by atoms with E-state index in [9.17, 15) is 18.0 Å². The summed E-state index contributed by atoms with van der Waals surface area (Å²) in [7, 11) is -4.13. The zero-order valence-electron chi connectivity index (χ0n) is 26.0. The summed E-state index contributed by atoms with van der Waals surface area (Å²) in [6.45, 7) is 1.69. The molecule has 1 fully saturated rings. The summed E-state index contributed by atoms with van der Waals surface area (Å²) in [6.07, 6.45) is 5.00. The van der Waals surface area contributed by atoms with Gasteiger partial charge in [0.15, 0.2) is 0 Å². The molecule has 1 N–H and O–H groups in total. The van der Waals surface area contributed by atoms with Crippen LogP contribution in [0, 0.1) is 0 Å². The molecule has 0 spiro atoms. The monoisotopic (exact) mass is 701 g/mol. The molecule has 0 bridgehead atoms. The third-order valence-electron chi connectivity index (χ3n) is 8.48. The number of anilines is 1. The molecule has 4 aromatic carbocycles. The highest BCUT2D eigenvalue weighted by molar-refractivity contribution is 9.10. The van der Waals surface area contributed by atoms with Crippen LogP contribution in [0.3, 0.4) is 0 Å². The molecule has 4 aromatic rings. The van der Waals surface area contributed by atoms with Crippen molar-refractivity contribution in [1.82, 2.24) is 10.2 Å². The van der Waals surface area contributed by atoms with Gasteiger partial charge in [-0.25, -0.2) is 8.42 Å². The number of carbonyl (C=O) groups excluding carboxylic acids is 2. The van der Waals surface area contributed by atoms with Gasteiger partial charge in [0.25, 0.3) is 10.0 Å². The highest BCUT2D eigenvalue weighted by Gasteiger charge is 2.35. The fourth-order valence-electron chi connectivity index (χ4n) is 5.85. The molecule has 9 heteroatoms. The van der Waals surface area contributed by atoms with Crippen molar-refractivity contribution in [1.29, 1.82) is 0 Å². The van der Waals surface area contributed by atoms with Crippen LogP contribution in [-0.2, 0) is 39.0 Å². The fourth-order valence-corrected chi connectivity index (χ4v) is 7.55. The van der Waals surface area contributed by atoms with Gasteiger partial charge in [0.1, 0.15) is 12.6 Å². The molecule has 46 heavy (non-hydrogen) atoms. The molecule has 2 amide bonds. The van der Waals surface area contributed by atoms with E-state index in [-0.39, 0.29) is 29.8 Å². The standard InChI is InChI=1S/C37H40BrN3O4S/c1-2-28-19-23-33(24-20-28)41(46(44,45)34-15-7-4-8-16-34)27-36(42)40(26-30-17-21-31(38)22-18-30)35(25-29-11-5-3-6-12-29)37(43)39-32-13-9-10-14-32/h3-8,11-12,15-24,32,35H,2,9-10,13-14,25-27H2,1H3,(H,39,43)/t35-/m1/s1. The summed E-state index contributed by atoms with van der Waals surface area (Å²) < 4.78 is 30.3. The van der Waals surface area contributed by atoms with E-state index >= 15 is 0 Å². The number of hydrogen-bond donors (Lipinski definition) is 1. The van der Waals surface area contributed by atoms with Gasteiger partial charge in [-0.05, 0) is 72.4 Å². The van der Waals surface area contributed by atoms with E-state index in [0.717, 1.165) is 57.6 Å². The number of nitrogens with one attached hydrogen (secondary N) is 1. The third-order valence-corrected chi connectivity index (χ3v) is 10.8. The first-order valence-electron chi connectivity index (χ1n) is 15.8. The number of rotatable bonds is 13. The Morgan fingerprint density at radius 3 is 2.00 bits per heavy atom. The average molecular weight is 703 g/mol. The van der Waals surface area contributed by atoms with Gasteiger partial charge in [-0.1, -0.05) is 108 Å². The third kappa shape index (κ3) is 8.44. The second-order valence-electron chi connectivity index (χ2n) is 11.7. The number of halogens is 1. The number of aryl methyl sites for hydroxylation is 1. The Hall–Kier alpha value is -3.95. The molecule has 1 aliphatic carbocycles. The van der Waals surface area contributed by atoms with Crippen LogP contribution in [-0.4, -0.2) is 43.8 Å². The minimum atomic E-state index is -4.13. The predicted molar refractivity (Wildman–Crippen MR) is 186 cm³/mol. The van der Waals surface area contributed by atoms with Crippen molar-refractivity contribution < 1.29 is 18.0 Å². The van der Waals surface area contributed by atoms with Crippen molar-refractivity contribution in [3.05, 3.63) is 130 Å². The van der Waals surface area contributed by atoms with Gasteiger partial charge < -0.3 is 10.2 Å². The second kappa shape index (κ2) is 15.6. The topological polar surface area (TPSA) is 86.8 Å². The molecule has 0 aliphatic heterocycles. The first-order chi connectivity index (χ1) is 22.2. The Kier molecular flexibility index (Phi) is 11.3. The summed E-state index contributed by atoms with van der Waals surface area (Å²) >= 11 is 3.48. The van der Waals surface area contributed by atoms with Gasteiger partial charge in [0, 0.05) is 23.5 Å². The van der Waals surface area contributed by atoms with Gasteiger partial charge in [-0.2, -0.15) is 0 Å². The van der Waals surface area contributed by atoms with E-state index in [4.69, 9.17) is 0 Å². The Morgan fingerprint density at radius 2 is 1.39 bits per heavy atom.